The zero-order valence-electron chi connectivity index (χ0n) is 18.9. The molecule has 0 saturated carbocycles. The first kappa shape index (κ1) is 23.5. The number of benzene rings is 1. The van der Waals surface area contributed by atoms with Gasteiger partial charge >= 0.3 is 0 Å². The SMILES string of the molecule is CCN(CC)Cc1ccc(C(=O)N2CCN(S(=O)(=O)c3ccc(C(C)C)cc3)CC2)o1. The molecule has 8 heteroatoms. The first-order valence-electron chi connectivity index (χ1n) is 11.0. The molecule has 0 N–H and O–H groups in total. The normalized spacial score (nSPS) is 15.7. The zero-order chi connectivity index (χ0) is 22.6. The highest BCUT2D eigenvalue weighted by molar-refractivity contribution is 7.89. The van der Waals surface area contributed by atoms with Gasteiger partial charge in [0.25, 0.3) is 5.91 Å². The van der Waals surface area contributed by atoms with Crippen molar-refractivity contribution in [3.05, 3.63) is 53.5 Å². The Balaban J connectivity index is 1.61. The molecular weight excluding hydrogens is 414 g/mol. The number of hydrogen-bond acceptors (Lipinski definition) is 5. The first-order chi connectivity index (χ1) is 14.8. The van der Waals surface area contributed by atoms with Gasteiger partial charge in [0.15, 0.2) is 5.76 Å². The topological polar surface area (TPSA) is 74.1 Å². The van der Waals surface area contributed by atoms with Crippen molar-refractivity contribution in [3.63, 3.8) is 0 Å². The minimum absolute atomic E-state index is 0.191. The number of nitrogens with zero attached hydrogens (tertiary/aromatic N) is 3. The lowest BCUT2D eigenvalue weighted by Gasteiger charge is -2.33. The second-order valence-corrected chi connectivity index (χ2v) is 10.1. The fraction of sp³-hybridized carbons (Fsp3) is 0.522. The lowest BCUT2D eigenvalue weighted by molar-refractivity contribution is 0.0662. The number of carbonyl (C=O) groups excluding carboxylic acids is 1. The minimum atomic E-state index is -3.57. The van der Waals surface area contributed by atoms with E-state index in [4.69, 9.17) is 4.42 Å². The molecule has 0 aliphatic carbocycles. The van der Waals surface area contributed by atoms with Gasteiger partial charge in [-0.3, -0.25) is 9.69 Å². The molecule has 2 aromatic rings. The molecule has 3 rings (SSSR count). The summed E-state index contributed by atoms with van der Waals surface area (Å²) < 4.78 is 33.2. The van der Waals surface area contributed by atoms with Gasteiger partial charge in [-0.2, -0.15) is 4.31 Å². The van der Waals surface area contributed by atoms with E-state index < -0.39 is 10.0 Å². The van der Waals surface area contributed by atoms with E-state index in [9.17, 15) is 13.2 Å². The van der Waals surface area contributed by atoms with Gasteiger partial charge in [0.2, 0.25) is 10.0 Å². The van der Waals surface area contributed by atoms with Gasteiger partial charge in [-0.1, -0.05) is 39.8 Å². The number of carbonyl (C=O) groups is 1. The van der Waals surface area contributed by atoms with Crippen LogP contribution in [-0.4, -0.2) is 67.7 Å². The summed E-state index contributed by atoms with van der Waals surface area (Å²) in [5.74, 6) is 1.23. The second-order valence-electron chi connectivity index (χ2n) is 8.15. The predicted molar refractivity (Wildman–Crippen MR) is 121 cm³/mol. The van der Waals surface area contributed by atoms with Gasteiger partial charge in [-0.05, 0) is 48.8 Å². The van der Waals surface area contributed by atoms with E-state index in [0.717, 1.165) is 24.4 Å². The minimum Gasteiger partial charge on any atom is -0.455 e. The van der Waals surface area contributed by atoms with Crippen LogP contribution in [0.5, 0.6) is 0 Å². The summed E-state index contributed by atoms with van der Waals surface area (Å²) in [4.78, 5) is 17.0. The highest BCUT2D eigenvalue weighted by Crippen LogP contribution is 2.22. The van der Waals surface area contributed by atoms with Gasteiger partial charge in [0.05, 0.1) is 11.4 Å². The number of furan rings is 1. The summed E-state index contributed by atoms with van der Waals surface area (Å²) in [6.45, 7) is 12.0. The molecule has 0 unspecified atom stereocenters. The summed E-state index contributed by atoms with van der Waals surface area (Å²) in [5.41, 5.74) is 1.10. The monoisotopic (exact) mass is 447 g/mol. The zero-order valence-corrected chi connectivity index (χ0v) is 19.7. The largest absolute Gasteiger partial charge is 0.455 e. The fourth-order valence-electron chi connectivity index (χ4n) is 3.71. The van der Waals surface area contributed by atoms with E-state index in [0.29, 0.717) is 36.2 Å². The molecule has 2 heterocycles. The molecule has 1 fully saturated rings. The number of rotatable bonds is 8. The lowest BCUT2D eigenvalue weighted by atomic mass is 10.0. The Morgan fingerprint density at radius 2 is 1.61 bits per heavy atom. The molecule has 0 spiro atoms. The van der Waals surface area contributed by atoms with E-state index >= 15 is 0 Å². The molecule has 0 bridgehead atoms. The molecule has 170 valence electrons. The van der Waals surface area contributed by atoms with Crippen LogP contribution in [0.4, 0.5) is 0 Å². The van der Waals surface area contributed by atoms with Crippen LogP contribution in [0.15, 0.2) is 45.7 Å². The van der Waals surface area contributed by atoms with E-state index in [1.54, 1.807) is 23.1 Å². The average Bonchev–Trinajstić information content (AvgIpc) is 3.25. The first-order valence-corrected chi connectivity index (χ1v) is 12.4. The van der Waals surface area contributed by atoms with Gasteiger partial charge in [0, 0.05) is 26.2 Å². The summed E-state index contributed by atoms with van der Waals surface area (Å²) in [5, 5.41) is 0. The number of hydrogen-bond donors (Lipinski definition) is 0. The molecule has 31 heavy (non-hydrogen) atoms. The van der Waals surface area contributed by atoms with E-state index in [2.05, 4.69) is 32.6 Å². The van der Waals surface area contributed by atoms with Crippen LogP contribution in [0.25, 0.3) is 0 Å². The van der Waals surface area contributed by atoms with Crippen molar-refractivity contribution in [1.29, 1.82) is 0 Å². The van der Waals surface area contributed by atoms with Crippen molar-refractivity contribution in [3.8, 4) is 0 Å². The van der Waals surface area contributed by atoms with Crippen LogP contribution in [-0.2, 0) is 16.6 Å². The highest BCUT2D eigenvalue weighted by Gasteiger charge is 2.31. The van der Waals surface area contributed by atoms with Crippen LogP contribution in [0.1, 0.15) is 55.5 Å². The van der Waals surface area contributed by atoms with Gasteiger partial charge in [-0.25, -0.2) is 8.42 Å². The van der Waals surface area contributed by atoms with Crippen LogP contribution < -0.4 is 0 Å². The summed E-state index contributed by atoms with van der Waals surface area (Å²) in [6, 6.07) is 10.6. The van der Waals surface area contributed by atoms with Crippen molar-refractivity contribution < 1.29 is 17.6 Å². The third-order valence-electron chi connectivity index (χ3n) is 5.86. The molecule has 1 aliphatic rings. The molecule has 1 saturated heterocycles. The Kier molecular flexibility index (Phi) is 7.56. The Bertz CT molecular complexity index is 971. The number of piperazine rings is 1. The van der Waals surface area contributed by atoms with E-state index in [1.165, 1.54) is 4.31 Å². The maximum absolute atomic E-state index is 13.0. The Labute approximate surface area is 185 Å². The summed E-state index contributed by atoms with van der Waals surface area (Å²) in [7, 11) is -3.57. The molecule has 1 aromatic carbocycles. The maximum atomic E-state index is 13.0. The second kappa shape index (κ2) is 9.97. The van der Waals surface area contributed by atoms with Crippen molar-refractivity contribution in [2.24, 2.45) is 0 Å². The molecular formula is C23H33N3O4S. The lowest BCUT2D eigenvalue weighted by Crippen LogP contribution is -2.50. The molecule has 0 radical (unpaired) electrons. The third kappa shape index (κ3) is 5.37. The quantitative estimate of drug-likeness (QED) is 0.620. The van der Waals surface area contributed by atoms with Crippen molar-refractivity contribution in [2.75, 3.05) is 39.3 Å². The average molecular weight is 448 g/mol. The van der Waals surface area contributed by atoms with Gasteiger partial charge in [-0.15, -0.1) is 0 Å². The summed E-state index contributed by atoms with van der Waals surface area (Å²) >= 11 is 0. The highest BCUT2D eigenvalue weighted by atomic mass is 32.2. The Hall–Kier alpha value is -2.16. The fourth-order valence-corrected chi connectivity index (χ4v) is 5.13. The van der Waals surface area contributed by atoms with Crippen LogP contribution in [0, 0.1) is 0 Å². The third-order valence-corrected chi connectivity index (χ3v) is 7.77. The Morgan fingerprint density at radius 1 is 1.00 bits per heavy atom. The molecule has 7 nitrogen and oxygen atoms in total. The predicted octanol–water partition coefficient (Wildman–Crippen LogP) is 3.39. The smallest absolute Gasteiger partial charge is 0.289 e. The van der Waals surface area contributed by atoms with Gasteiger partial charge < -0.3 is 9.32 Å². The van der Waals surface area contributed by atoms with Crippen LogP contribution in [0.3, 0.4) is 0 Å². The van der Waals surface area contributed by atoms with Crippen molar-refractivity contribution >= 4 is 15.9 Å². The summed E-state index contributed by atoms with van der Waals surface area (Å²) in [6.07, 6.45) is 0. The maximum Gasteiger partial charge on any atom is 0.289 e. The standard InChI is InChI=1S/C23H33N3O4S/c1-5-24(6-2)17-20-9-12-22(30-20)23(27)25-13-15-26(16-14-25)31(28,29)21-10-7-19(8-11-21)18(3)4/h7-12,18H,5-6,13-17H2,1-4H3. The Morgan fingerprint density at radius 3 is 2.16 bits per heavy atom. The molecule has 1 amide bonds. The van der Waals surface area contributed by atoms with Crippen molar-refractivity contribution in [2.45, 2.75) is 45.1 Å². The number of sulfonamides is 1. The molecule has 1 aliphatic heterocycles. The van der Waals surface area contributed by atoms with Gasteiger partial charge in [0.1, 0.15) is 5.76 Å². The molecule has 1 aromatic heterocycles. The van der Waals surface area contributed by atoms with Crippen molar-refractivity contribution in [1.82, 2.24) is 14.1 Å². The van der Waals surface area contributed by atoms with E-state index in [-0.39, 0.29) is 19.0 Å². The van der Waals surface area contributed by atoms with Crippen LogP contribution >= 0.6 is 0 Å². The number of amides is 1. The van der Waals surface area contributed by atoms with Crippen LogP contribution in [0.2, 0.25) is 0 Å². The van der Waals surface area contributed by atoms with E-state index in [1.807, 2.05) is 18.2 Å². The molecule has 0 atom stereocenters.